The highest BCUT2D eigenvalue weighted by Crippen LogP contribution is 2.41. The smallest absolute Gasteiger partial charge is 0.231 e. The van der Waals surface area contributed by atoms with Gasteiger partial charge in [0.25, 0.3) is 0 Å². The molecule has 1 atom stereocenters. The Morgan fingerprint density at radius 2 is 2.19 bits per heavy atom. The zero-order valence-electron chi connectivity index (χ0n) is 12.1. The summed E-state index contributed by atoms with van der Waals surface area (Å²) in [4.78, 5) is 0. The molecule has 0 spiro atoms. The van der Waals surface area contributed by atoms with Crippen molar-refractivity contribution in [3.63, 3.8) is 0 Å². The number of hydrogen-bond donors (Lipinski definition) is 1. The quantitative estimate of drug-likeness (QED) is 0.897. The van der Waals surface area contributed by atoms with E-state index < -0.39 is 9.84 Å². The molecule has 6 nitrogen and oxygen atoms in total. The fourth-order valence-corrected chi connectivity index (χ4v) is 4.87. The first-order valence-electron chi connectivity index (χ1n) is 6.83. The highest BCUT2D eigenvalue weighted by molar-refractivity contribution is 7.91. The van der Waals surface area contributed by atoms with E-state index >= 15 is 0 Å². The lowest BCUT2D eigenvalue weighted by molar-refractivity contribution is 0.171. The van der Waals surface area contributed by atoms with Gasteiger partial charge >= 0.3 is 0 Å². The monoisotopic (exact) mass is 313 g/mol. The molecule has 1 aromatic rings. The number of nitrogens with one attached hydrogen (secondary N) is 1. The van der Waals surface area contributed by atoms with Crippen LogP contribution in [0.1, 0.15) is 18.9 Å². The standard InChI is InChI=1S/C14H19NO5S/c1-14(3-4-21(16,17)8-14)15-7-10-5-11(18-2)13-12(6-10)19-9-20-13/h5-6,15H,3-4,7-9H2,1-2H3. The molecule has 1 unspecified atom stereocenters. The summed E-state index contributed by atoms with van der Waals surface area (Å²) in [5.74, 6) is 2.35. The summed E-state index contributed by atoms with van der Waals surface area (Å²) >= 11 is 0. The molecular weight excluding hydrogens is 294 g/mol. The molecule has 2 aliphatic heterocycles. The Morgan fingerprint density at radius 3 is 2.86 bits per heavy atom. The van der Waals surface area contributed by atoms with Gasteiger partial charge in [-0.15, -0.1) is 0 Å². The van der Waals surface area contributed by atoms with Gasteiger partial charge in [-0.25, -0.2) is 8.42 Å². The van der Waals surface area contributed by atoms with Crippen LogP contribution in [0.5, 0.6) is 17.2 Å². The van der Waals surface area contributed by atoms with E-state index in [1.54, 1.807) is 7.11 Å². The van der Waals surface area contributed by atoms with Gasteiger partial charge < -0.3 is 19.5 Å². The Morgan fingerprint density at radius 1 is 1.38 bits per heavy atom. The van der Waals surface area contributed by atoms with Crippen molar-refractivity contribution in [2.75, 3.05) is 25.4 Å². The summed E-state index contributed by atoms with van der Waals surface area (Å²) in [6, 6.07) is 3.78. The van der Waals surface area contributed by atoms with Gasteiger partial charge in [0, 0.05) is 12.1 Å². The predicted molar refractivity (Wildman–Crippen MR) is 77.6 cm³/mol. The highest BCUT2D eigenvalue weighted by Gasteiger charge is 2.37. The minimum atomic E-state index is -2.91. The average molecular weight is 313 g/mol. The first kappa shape index (κ1) is 14.5. The van der Waals surface area contributed by atoms with Gasteiger partial charge in [0.1, 0.15) is 0 Å². The second-order valence-corrected chi connectivity index (χ2v) is 7.97. The minimum absolute atomic E-state index is 0.182. The molecule has 1 N–H and O–H groups in total. The van der Waals surface area contributed by atoms with Crippen LogP contribution in [0.15, 0.2) is 12.1 Å². The summed E-state index contributed by atoms with van der Waals surface area (Å²) in [7, 11) is -1.33. The Kier molecular flexibility index (Phi) is 3.49. The second kappa shape index (κ2) is 5.06. The van der Waals surface area contributed by atoms with E-state index in [1.807, 2.05) is 19.1 Å². The minimum Gasteiger partial charge on any atom is -0.493 e. The fourth-order valence-electron chi connectivity index (χ4n) is 2.75. The highest BCUT2D eigenvalue weighted by atomic mass is 32.2. The summed E-state index contributed by atoms with van der Waals surface area (Å²) in [5, 5.41) is 3.34. The summed E-state index contributed by atoms with van der Waals surface area (Å²) in [5.41, 5.74) is 0.601. The third kappa shape index (κ3) is 2.94. The molecule has 1 saturated heterocycles. The molecular formula is C14H19NO5S. The van der Waals surface area contributed by atoms with E-state index in [2.05, 4.69) is 5.32 Å². The lowest BCUT2D eigenvalue weighted by Gasteiger charge is -2.24. The molecule has 1 fully saturated rings. The van der Waals surface area contributed by atoms with E-state index in [1.165, 1.54) is 0 Å². The van der Waals surface area contributed by atoms with Crippen molar-refractivity contribution in [3.8, 4) is 17.2 Å². The van der Waals surface area contributed by atoms with Crippen LogP contribution in [0.4, 0.5) is 0 Å². The molecule has 0 amide bonds. The third-order valence-corrected chi connectivity index (χ3v) is 5.84. The molecule has 0 saturated carbocycles. The Bertz CT molecular complexity index is 658. The number of methoxy groups -OCH3 is 1. The van der Waals surface area contributed by atoms with Gasteiger partial charge in [0.2, 0.25) is 12.5 Å². The van der Waals surface area contributed by atoms with E-state index in [-0.39, 0.29) is 23.8 Å². The van der Waals surface area contributed by atoms with Gasteiger partial charge in [0.15, 0.2) is 21.3 Å². The van der Waals surface area contributed by atoms with Gasteiger partial charge in [-0.05, 0) is 31.0 Å². The second-order valence-electron chi connectivity index (χ2n) is 5.79. The van der Waals surface area contributed by atoms with Crippen LogP contribution >= 0.6 is 0 Å². The van der Waals surface area contributed by atoms with Crippen LogP contribution < -0.4 is 19.5 Å². The average Bonchev–Trinajstić information content (AvgIpc) is 3.00. The van der Waals surface area contributed by atoms with E-state index in [0.717, 1.165) is 5.56 Å². The van der Waals surface area contributed by atoms with Gasteiger partial charge in [-0.3, -0.25) is 0 Å². The number of sulfone groups is 1. The number of rotatable bonds is 4. The molecule has 3 rings (SSSR count). The Balaban J connectivity index is 1.74. The van der Waals surface area contributed by atoms with Crippen LogP contribution in [-0.4, -0.2) is 39.4 Å². The molecule has 0 aliphatic carbocycles. The number of ether oxygens (including phenoxy) is 3. The van der Waals surface area contributed by atoms with Crippen LogP contribution in [0.25, 0.3) is 0 Å². The van der Waals surface area contributed by atoms with Crippen molar-refractivity contribution in [2.45, 2.75) is 25.4 Å². The SMILES string of the molecule is COc1cc(CNC2(C)CCS(=O)(=O)C2)cc2c1OCO2. The topological polar surface area (TPSA) is 73.9 Å². The zero-order valence-corrected chi connectivity index (χ0v) is 13.0. The Hall–Kier alpha value is -1.47. The maximum atomic E-state index is 11.6. The first-order chi connectivity index (χ1) is 9.91. The summed E-state index contributed by atoms with van der Waals surface area (Å²) < 4.78 is 39.3. The van der Waals surface area contributed by atoms with Crippen molar-refractivity contribution in [2.24, 2.45) is 0 Å². The van der Waals surface area contributed by atoms with E-state index in [4.69, 9.17) is 14.2 Å². The van der Waals surface area contributed by atoms with Gasteiger partial charge in [-0.1, -0.05) is 0 Å². The van der Waals surface area contributed by atoms with E-state index in [9.17, 15) is 8.42 Å². The maximum Gasteiger partial charge on any atom is 0.231 e. The molecule has 1 aromatic carbocycles. The maximum absolute atomic E-state index is 11.6. The van der Waals surface area contributed by atoms with Crippen molar-refractivity contribution >= 4 is 9.84 Å². The van der Waals surface area contributed by atoms with E-state index in [0.29, 0.717) is 30.2 Å². The van der Waals surface area contributed by atoms with Crippen molar-refractivity contribution in [1.82, 2.24) is 5.32 Å². The summed E-state index contributed by atoms with van der Waals surface area (Å²) in [6.07, 6.45) is 0.636. The largest absolute Gasteiger partial charge is 0.493 e. The normalized spacial score (nSPS) is 26.0. The molecule has 0 aromatic heterocycles. The van der Waals surface area contributed by atoms with Gasteiger partial charge in [-0.2, -0.15) is 0 Å². The molecule has 0 bridgehead atoms. The lowest BCUT2D eigenvalue weighted by atomic mass is 10.0. The van der Waals surface area contributed by atoms with Crippen molar-refractivity contribution in [3.05, 3.63) is 17.7 Å². The summed E-state index contributed by atoms with van der Waals surface area (Å²) in [6.45, 7) is 2.69. The molecule has 2 heterocycles. The molecule has 0 radical (unpaired) electrons. The predicted octanol–water partition coefficient (Wildman–Crippen LogP) is 1.09. The number of benzene rings is 1. The molecule has 21 heavy (non-hydrogen) atoms. The zero-order chi connectivity index (χ0) is 15.1. The van der Waals surface area contributed by atoms with Crippen molar-refractivity contribution < 1.29 is 22.6 Å². The number of fused-ring (bicyclic) bond motifs is 1. The molecule has 7 heteroatoms. The third-order valence-electron chi connectivity index (χ3n) is 3.94. The van der Waals surface area contributed by atoms with Crippen LogP contribution in [0.2, 0.25) is 0 Å². The lowest BCUT2D eigenvalue weighted by Crippen LogP contribution is -2.42. The fraction of sp³-hybridized carbons (Fsp3) is 0.571. The van der Waals surface area contributed by atoms with Crippen molar-refractivity contribution in [1.29, 1.82) is 0 Å². The molecule has 2 aliphatic rings. The Labute approximate surface area is 124 Å². The number of hydrogen-bond acceptors (Lipinski definition) is 6. The first-order valence-corrected chi connectivity index (χ1v) is 8.65. The van der Waals surface area contributed by atoms with Crippen LogP contribution in [0.3, 0.4) is 0 Å². The van der Waals surface area contributed by atoms with Crippen LogP contribution in [0, 0.1) is 0 Å². The van der Waals surface area contributed by atoms with Crippen LogP contribution in [-0.2, 0) is 16.4 Å². The van der Waals surface area contributed by atoms with Gasteiger partial charge in [0.05, 0.1) is 18.6 Å². The molecule has 116 valence electrons.